The lowest BCUT2D eigenvalue weighted by molar-refractivity contribution is -0.150. The number of anilines is 1. The number of aromatic nitrogens is 3. The van der Waals surface area contributed by atoms with Crippen molar-refractivity contribution in [3.63, 3.8) is 0 Å². The fraction of sp³-hybridized carbons (Fsp3) is 0.652. The Balaban J connectivity index is 1.34. The van der Waals surface area contributed by atoms with E-state index in [2.05, 4.69) is 25.4 Å². The third-order valence-electron chi connectivity index (χ3n) is 7.57. The van der Waals surface area contributed by atoms with E-state index in [1.54, 1.807) is 25.4 Å². The number of ether oxygens (including phenoxy) is 1. The monoisotopic (exact) mass is 458 g/mol. The second-order valence-electron chi connectivity index (χ2n) is 9.46. The second-order valence-corrected chi connectivity index (χ2v) is 9.46. The Hall–Kier alpha value is -2.59. The molecule has 2 amide bonds. The van der Waals surface area contributed by atoms with Crippen LogP contribution in [0, 0.1) is 0 Å². The zero-order valence-electron chi connectivity index (χ0n) is 18.9. The van der Waals surface area contributed by atoms with Gasteiger partial charge in [0.2, 0.25) is 11.8 Å². The molecule has 2 aromatic heterocycles. The summed E-state index contributed by atoms with van der Waals surface area (Å²) in [6.45, 7) is 1.52. The molecule has 3 aliphatic rings. The van der Waals surface area contributed by atoms with Crippen LogP contribution in [0.4, 0.5) is 10.2 Å². The first-order chi connectivity index (χ1) is 16.0. The summed E-state index contributed by atoms with van der Waals surface area (Å²) in [5, 5.41) is 9.54. The van der Waals surface area contributed by atoms with Crippen LogP contribution >= 0.6 is 0 Å². The van der Waals surface area contributed by atoms with Crippen LogP contribution in [-0.2, 0) is 14.3 Å². The van der Waals surface area contributed by atoms with E-state index in [1.807, 2.05) is 0 Å². The van der Waals surface area contributed by atoms with Gasteiger partial charge in [0.15, 0.2) is 0 Å². The van der Waals surface area contributed by atoms with E-state index < -0.39 is 23.7 Å². The number of rotatable bonds is 5. The van der Waals surface area contributed by atoms with E-state index in [0.29, 0.717) is 11.3 Å². The Bertz CT molecular complexity index is 1010. The van der Waals surface area contributed by atoms with Crippen molar-refractivity contribution < 1.29 is 18.7 Å². The molecule has 5 rings (SSSR count). The first-order valence-corrected chi connectivity index (χ1v) is 11.8. The number of pyridine rings is 1. The number of piperidine rings is 1. The van der Waals surface area contributed by atoms with Gasteiger partial charge in [0, 0.05) is 26.6 Å². The van der Waals surface area contributed by atoms with Crippen LogP contribution < -0.4 is 5.32 Å². The molecule has 178 valence electrons. The van der Waals surface area contributed by atoms with Gasteiger partial charge in [0.1, 0.15) is 29.1 Å². The van der Waals surface area contributed by atoms with E-state index in [4.69, 9.17) is 4.74 Å². The highest BCUT2D eigenvalue weighted by molar-refractivity contribution is 5.99. The number of hydrogen-bond acceptors (Lipinski definition) is 6. The summed E-state index contributed by atoms with van der Waals surface area (Å²) in [6, 6.07) is 2.60. The van der Waals surface area contributed by atoms with E-state index in [9.17, 15) is 14.0 Å². The molecule has 2 aliphatic heterocycles. The zero-order valence-corrected chi connectivity index (χ0v) is 18.9. The molecule has 3 fully saturated rings. The van der Waals surface area contributed by atoms with Gasteiger partial charge < -0.3 is 15.0 Å². The molecular formula is C23H31FN6O3. The summed E-state index contributed by atoms with van der Waals surface area (Å²) < 4.78 is 20.1. The summed E-state index contributed by atoms with van der Waals surface area (Å²) in [7, 11) is 1.73. The van der Waals surface area contributed by atoms with Gasteiger partial charge in [-0.2, -0.15) is 5.10 Å². The van der Waals surface area contributed by atoms with Crippen LogP contribution in [0.5, 0.6) is 0 Å². The van der Waals surface area contributed by atoms with E-state index in [-0.39, 0.29) is 25.0 Å². The van der Waals surface area contributed by atoms with Gasteiger partial charge in [-0.05, 0) is 37.8 Å². The molecule has 9 nitrogen and oxygen atoms in total. The third kappa shape index (κ3) is 4.10. The number of methoxy groups -OCH3 is 1. The van der Waals surface area contributed by atoms with E-state index >= 15 is 0 Å². The lowest BCUT2D eigenvalue weighted by Crippen LogP contribution is -2.62. The fourth-order valence-electron chi connectivity index (χ4n) is 5.78. The first kappa shape index (κ1) is 22.2. The highest BCUT2D eigenvalue weighted by Crippen LogP contribution is 2.40. The molecule has 2 aromatic rings. The predicted molar refractivity (Wildman–Crippen MR) is 120 cm³/mol. The van der Waals surface area contributed by atoms with Gasteiger partial charge in [0.05, 0.1) is 24.4 Å². The van der Waals surface area contributed by atoms with Gasteiger partial charge in [-0.3, -0.25) is 19.6 Å². The molecule has 4 heterocycles. The molecule has 0 unspecified atom stereocenters. The molecular weight excluding hydrogens is 427 g/mol. The largest absolute Gasteiger partial charge is 0.381 e. The maximum absolute atomic E-state index is 14.6. The second kappa shape index (κ2) is 8.98. The van der Waals surface area contributed by atoms with Crippen LogP contribution in [-0.4, -0.2) is 87.4 Å². The Morgan fingerprint density at radius 3 is 2.73 bits per heavy atom. The highest BCUT2D eigenvalue weighted by atomic mass is 19.1. The molecule has 1 saturated carbocycles. The lowest BCUT2D eigenvalue weighted by Gasteiger charge is -2.45. The highest BCUT2D eigenvalue weighted by Gasteiger charge is 2.52. The third-order valence-corrected chi connectivity index (χ3v) is 7.57. The van der Waals surface area contributed by atoms with Crippen molar-refractivity contribution in [1.29, 1.82) is 0 Å². The lowest BCUT2D eigenvalue weighted by atomic mass is 9.89. The van der Waals surface area contributed by atoms with Crippen molar-refractivity contribution in [3.05, 3.63) is 18.3 Å². The van der Waals surface area contributed by atoms with Gasteiger partial charge in [-0.25, -0.2) is 9.37 Å². The number of nitrogens with one attached hydrogen (secondary N) is 2. The zero-order chi connectivity index (χ0) is 23.0. The molecule has 2 N–H and O–H groups in total. The summed E-state index contributed by atoms with van der Waals surface area (Å²) in [4.78, 5) is 35.2. The van der Waals surface area contributed by atoms with E-state index in [0.717, 1.165) is 57.1 Å². The van der Waals surface area contributed by atoms with Crippen LogP contribution in [0.25, 0.3) is 11.0 Å². The van der Waals surface area contributed by atoms with Gasteiger partial charge in [-0.15, -0.1) is 0 Å². The topological polar surface area (TPSA) is 103 Å². The summed E-state index contributed by atoms with van der Waals surface area (Å²) in [5.74, 6) is -0.139. The quantitative estimate of drug-likeness (QED) is 0.713. The molecule has 0 bridgehead atoms. The number of hydrogen-bond donors (Lipinski definition) is 2. The van der Waals surface area contributed by atoms with Crippen LogP contribution in [0.1, 0.15) is 44.9 Å². The Kier molecular flexibility index (Phi) is 6.05. The van der Waals surface area contributed by atoms with Crippen LogP contribution in [0.2, 0.25) is 0 Å². The van der Waals surface area contributed by atoms with Crippen LogP contribution in [0.15, 0.2) is 18.3 Å². The van der Waals surface area contributed by atoms with Gasteiger partial charge >= 0.3 is 0 Å². The van der Waals surface area contributed by atoms with Gasteiger partial charge in [0.25, 0.3) is 0 Å². The van der Waals surface area contributed by atoms with Crippen LogP contribution in [0.3, 0.4) is 0 Å². The first-order valence-electron chi connectivity index (χ1n) is 11.8. The minimum Gasteiger partial charge on any atom is -0.381 e. The number of fused-ring (bicyclic) bond motifs is 1. The number of nitrogens with zero attached hydrogens (tertiary/aromatic N) is 4. The minimum atomic E-state index is -1.22. The number of H-pyrrole nitrogens is 1. The summed E-state index contributed by atoms with van der Waals surface area (Å²) in [6.07, 6.45) is 5.78. The Morgan fingerprint density at radius 1 is 1.24 bits per heavy atom. The smallest absolute Gasteiger partial charge is 0.248 e. The normalized spacial score (nSPS) is 26.2. The minimum absolute atomic E-state index is 0.00730. The number of halogens is 1. The maximum Gasteiger partial charge on any atom is 0.248 e. The van der Waals surface area contributed by atoms with Crippen molar-refractivity contribution in [3.8, 4) is 0 Å². The average Bonchev–Trinajstić information content (AvgIpc) is 3.58. The van der Waals surface area contributed by atoms with E-state index in [1.165, 1.54) is 4.90 Å². The summed E-state index contributed by atoms with van der Waals surface area (Å²) >= 11 is 0. The van der Waals surface area contributed by atoms with Crippen molar-refractivity contribution in [1.82, 2.24) is 25.0 Å². The number of aromatic amines is 1. The SMILES string of the molecule is COC1CCN(C2(C(=O)N3C[C@H](F)C[C@@H]3C(=O)Nc3ccc4[nH]ncc4n3)CCCC2)CC1. The standard InChI is InChI=1S/C23H31FN6O3/c1-33-16-6-10-29(11-7-16)23(8-2-3-9-23)22(32)30-14-15(24)12-19(30)21(31)27-20-5-4-17-18(26-20)13-25-28-17/h4-5,13,15-16,19H,2-3,6-12,14H2,1H3,(H,25,28)(H,26,27,31)/t15-,19-/m1/s1. The number of carbonyl (C=O) groups is 2. The molecule has 0 spiro atoms. The molecule has 1 aliphatic carbocycles. The molecule has 2 atom stereocenters. The number of likely N-dealkylation sites (tertiary alicyclic amines) is 2. The van der Waals surface area contributed by atoms with Crippen molar-refractivity contribution in [2.24, 2.45) is 0 Å². The molecule has 2 saturated heterocycles. The van der Waals surface area contributed by atoms with Crippen molar-refractivity contribution in [2.45, 2.75) is 68.8 Å². The molecule has 0 radical (unpaired) electrons. The number of carbonyl (C=O) groups excluding carboxylic acids is 2. The number of alkyl halides is 1. The van der Waals surface area contributed by atoms with Crippen molar-refractivity contribution >= 4 is 28.7 Å². The fourth-order valence-corrected chi connectivity index (χ4v) is 5.78. The molecule has 10 heteroatoms. The summed E-state index contributed by atoms with van der Waals surface area (Å²) in [5.41, 5.74) is 0.740. The number of amides is 2. The van der Waals surface area contributed by atoms with Crippen molar-refractivity contribution in [2.75, 3.05) is 32.1 Å². The average molecular weight is 459 g/mol. The predicted octanol–water partition coefficient (Wildman–Crippen LogP) is 2.26. The molecule has 33 heavy (non-hydrogen) atoms. The molecule has 0 aromatic carbocycles. The Morgan fingerprint density at radius 2 is 2.00 bits per heavy atom. The Labute approximate surface area is 192 Å². The van der Waals surface area contributed by atoms with Gasteiger partial charge in [-0.1, -0.05) is 12.8 Å². The maximum atomic E-state index is 14.6.